The summed E-state index contributed by atoms with van der Waals surface area (Å²) in [4.78, 5) is 15.4. The average Bonchev–Trinajstić information content (AvgIpc) is 2.67. The normalized spacial score (nSPS) is 10.3. The van der Waals surface area contributed by atoms with Gasteiger partial charge in [0.2, 0.25) is 0 Å². The van der Waals surface area contributed by atoms with Crippen LogP contribution in [0.5, 0.6) is 0 Å². The lowest BCUT2D eigenvalue weighted by molar-refractivity contribution is 0.0513. The van der Waals surface area contributed by atoms with Crippen LogP contribution in [0.25, 0.3) is 0 Å². The molecule has 5 nitrogen and oxygen atoms in total. The molecular formula is C10H17N3O2. The van der Waals surface area contributed by atoms with Crippen molar-refractivity contribution in [3.63, 3.8) is 0 Å². The minimum atomic E-state index is -0.306. The van der Waals surface area contributed by atoms with E-state index in [1.54, 1.807) is 13.3 Å². The Balaban J connectivity index is 2.56. The van der Waals surface area contributed by atoms with Gasteiger partial charge >= 0.3 is 5.97 Å². The van der Waals surface area contributed by atoms with Crippen molar-refractivity contribution < 1.29 is 9.53 Å². The van der Waals surface area contributed by atoms with Gasteiger partial charge in [-0.3, -0.25) is 0 Å². The molecule has 0 radical (unpaired) electrons. The number of esters is 1. The molecule has 0 bridgehead atoms. The lowest BCUT2D eigenvalue weighted by atomic mass is 10.4. The summed E-state index contributed by atoms with van der Waals surface area (Å²) in [6.45, 7) is 3.87. The zero-order valence-electron chi connectivity index (χ0n) is 9.19. The molecule has 15 heavy (non-hydrogen) atoms. The fourth-order valence-electron chi connectivity index (χ4n) is 1.30. The van der Waals surface area contributed by atoms with Crippen LogP contribution < -0.4 is 5.32 Å². The summed E-state index contributed by atoms with van der Waals surface area (Å²) in [5.41, 5.74) is 0.521. The van der Waals surface area contributed by atoms with E-state index in [0.29, 0.717) is 12.3 Å². The number of aryl methyl sites for hydroxylation is 1. The summed E-state index contributed by atoms with van der Waals surface area (Å²) in [6.07, 6.45) is 4.15. The Bertz CT molecular complexity index is 309. The zero-order valence-corrected chi connectivity index (χ0v) is 9.19. The van der Waals surface area contributed by atoms with Crippen molar-refractivity contribution in [2.75, 3.05) is 20.2 Å². The summed E-state index contributed by atoms with van der Waals surface area (Å²) in [6, 6.07) is 0. The highest BCUT2D eigenvalue weighted by Crippen LogP contribution is 2.02. The molecule has 1 N–H and O–H groups in total. The van der Waals surface area contributed by atoms with E-state index < -0.39 is 0 Å². The molecule has 1 heterocycles. The van der Waals surface area contributed by atoms with E-state index in [-0.39, 0.29) is 5.97 Å². The van der Waals surface area contributed by atoms with E-state index in [1.807, 2.05) is 11.6 Å². The molecule has 1 aromatic rings. The predicted molar refractivity (Wildman–Crippen MR) is 56.7 cm³/mol. The fraction of sp³-hybridized carbons (Fsp3) is 0.600. The first-order valence-corrected chi connectivity index (χ1v) is 5.11. The van der Waals surface area contributed by atoms with Crippen LogP contribution >= 0.6 is 0 Å². The van der Waals surface area contributed by atoms with Crippen molar-refractivity contribution in [1.82, 2.24) is 14.9 Å². The Morgan fingerprint density at radius 3 is 3.13 bits per heavy atom. The highest BCUT2D eigenvalue weighted by atomic mass is 16.5. The van der Waals surface area contributed by atoms with Crippen molar-refractivity contribution in [2.24, 2.45) is 0 Å². The highest BCUT2D eigenvalue weighted by Gasteiger charge is 2.11. The average molecular weight is 211 g/mol. The number of carbonyl (C=O) groups excluding carboxylic acids is 1. The van der Waals surface area contributed by atoms with Gasteiger partial charge < -0.3 is 14.6 Å². The van der Waals surface area contributed by atoms with Gasteiger partial charge in [0.1, 0.15) is 5.69 Å². The Kier molecular flexibility index (Phi) is 4.83. The van der Waals surface area contributed by atoms with Crippen LogP contribution in [-0.4, -0.2) is 35.7 Å². The number of rotatable bonds is 6. The monoisotopic (exact) mass is 211 g/mol. The molecule has 0 aliphatic carbocycles. The van der Waals surface area contributed by atoms with Crippen molar-refractivity contribution in [1.29, 1.82) is 0 Å². The standard InChI is InChI=1S/C10H17N3O2/c1-3-15-10(14)9-7-12-8-13(9)6-4-5-11-2/h7-8,11H,3-6H2,1-2H3. The molecule has 0 aliphatic rings. The minimum Gasteiger partial charge on any atom is -0.461 e. The van der Waals surface area contributed by atoms with Crippen LogP contribution in [0.1, 0.15) is 23.8 Å². The Morgan fingerprint density at radius 1 is 1.67 bits per heavy atom. The number of nitrogens with one attached hydrogen (secondary N) is 1. The number of ether oxygens (including phenoxy) is 1. The summed E-state index contributed by atoms with van der Waals surface area (Å²) in [5.74, 6) is -0.306. The molecule has 0 amide bonds. The first kappa shape index (κ1) is 11.7. The maximum absolute atomic E-state index is 11.5. The van der Waals surface area contributed by atoms with Crippen molar-refractivity contribution >= 4 is 5.97 Å². The van der Waals surface area contributed by atoms with E-state index in [9.17, 15) is 4.79 Å². The van der Waals surface area contributed by atoms with Crippen LogP contribution in [0.2, 0.25) is 0 Å². The molecule has 0 atom stereocenters. The number of nitrogens with zero attached hydrogens (tertiary/aromatic N) is 2. The van der Waals surface area contributed by atoms with Crippen molar-refractivity contribution in [3.05, 3.63) is 18.2 Å². The van der Waals surface area contributed by atoms with Gasteiger partial charge in [0, 0.05) is 6.54 Å². The van der Waals surface area contributed by atoms with Gasteiger partial charge in [-0.05, 0) is 26.9 Å². The molecule has 84 valence electrons. The Morgan fingerprint density at radius 2 is 2.47 bits per heavy atom. The van der Waals surface area contributed by atoms with Crippen molar-refractivity contribution in [2.45, 2.75) is 19.9 Å². The third-order valence-corrected chi connectivity index (χ3v) is 2.02. The first-order chi connectivity index (χ1) is 7.29. The van der Waals surface area contributed by atoms with Gasteiger partial charge in [0.15, 0.2) is 0 Å². The fourth-order valence-corrected chi connectivity index (χ4v) is 1.30. The molecule has 1 rings (SSSR count). The van der Waals surface area contributed by atoms with Crippen LogP contribution in [0.3, 0.4) is 0 Å². The van der Waals surface area contributed by atoms with Crippen LogP contribution in [-0.2, 0) is 11.3 Å². The molecule has 0 spiro atoms. The summed E-state index contributed by atoms with van der Waals surface area (Å²) in [5, 5.41) is 3.05. The second-order valence-electron chi connectivity index (χ2n) is 3.15. The Hall–Kier alpha value is -1.36. The molecule has 0 saturated heterocycles. The van der Waals surface area contributed by atoms with E-state index >= 15 is 0 Å². The van der Waals surface area contributed by atoms with Gasteiger partial charge in [-0.1, -0.05) is 0 Å². The zero-order chi connectivity index (χ0) is 11.1. The smallest absolute Gasteiger partial charge is 0.356 e. The SMILES string of the molecule is CCOC(=O)c1cncn1CCCNC. The molecule has 0 fully saturated rings. The number of carbonyl (C=O) groups is 1. The van der Waals surface area contributed by atoms with Gasteiger partial charge in [0.05, 0.1) is 19.1 Å². The molecular weight excluding hydrogens is 194 g/mol. The first-order valence-electron chi connectivity index (χ1n) is 5.11. The third kappa shape index (κ3) is 3.36. The summed E-state index contributed by atoms with van der Waals surface area (Å²) in [7, 11) is 1.90. The van der Waals surface area contributed by atoms with Crippen LogP contribution in [0.4, 0.5) is 0 Å². The quantitative estimate of drug-likeness (QED) is 0.555. The molecule has 0 aromatic carbocycles. The van der Waals surface area contributed by atoms with E-state index in [1.165, 1.54) is 6.20 Å². The third-order valence-electron chi connectivity index (χ3n) is 2.02. The highest BCUT2D eigenvalue weighted by molar-refractivity contribution is 5.87. The molecule has 0 unspecified atom stereocenters. The number of aromatic nitrogens is 2. The topological polar surface area (TPSA) is 56.1 Å². The van der Waals surface area contributed by atoms with Crippen LogP contribution in [0.15, 0.2) is 12.5 Å². The maximum atomic E-state index is 11.5. The second kappa shape index (κ2) is 6.19. The number of hydrogen-bond acceptors (Lipinski definition) is 4. The van der Waals surface area contributed by atoms with E-state index in [4.69, 9.17) is 4.74 Å². The molecule has 1 aromatic heterocycles. The van der Waals surface area contributed by atoms with Gasteiger partial charge in [-0.25, -0.2) is 9.78 Å². The van der Waals surface area contributed by atoms with Gasteiger partial charge in [-0.15, -0.1) is 0 Å². The van der Waals surface area contributed by atoms with Crippen molar-refractivity contribution in [3.8, 4) is 0 Å². The lowest BCUT2D eigenvalue weighted by Crippen LogP contribution is -2.15. The predicted octanol–water partition coefficient (Wildman–Crippen LogP) is 0.669. The minimum absolute atomic E-state index is 0.306. The molecule has 0 saturated carbocycles. The van der Waals surface area contributed by atoms with E-state index in [2.05, 4.69) is 10.3 Å². The Labute approximate surface area is 89.4 Å². The number of hydrogen-bond donors (Lipinski definition) is 1. The number of imidazole rings is 1. The lowest BCUT2D eigenvalue weighted by Gasteiger charge is -2.06. The maximum Gasteiger partial charge on any atom is 0.356 e. The summed E-state index contributed by atoms with van der Waals surface area (Å²) < 4.78 is 6.73. The largest absolute Gasteiger partial charge is 0.461 e. The van der Waals surface area contributed by atoms with Gasteiger partial charge in [-0.2, -0.15) is 0 Å². The summed E-state index contributed by atoms with van der Waals surface area (Å²) >= 11 is 0. The van der Waals surface area contributed by atoms with Crippen LogP contribution in [0, 0.1) is 0 Å². The van der Waals surface area contributed by atoms with Gasteiger partial charge in [0.25, 0.3) is 0 Å². The molecule has 0 aliphatic heterocycles. The second-order valence-corrected chi connectivity index (χ2v) is 3.15. The van der Waals surface area contributed by atoms with E-state index in [0.717, 1.165) is 19.5 Å². The molecule has 5 heteroatoms.